The monoisotopic (exact) mass is 427 g/mol. The maximum absolute atomic E-state index is 6.34. The summed E-state index contributed by atoms with van der Waals surface area (Å²) in [5.74, 6) is 1.77. The molecule has 6 heteroatoms. The van der Waals surface area contributed by atoms with Crippen molar-refractivity contribution in [2.75, 3.05) is 6.54 Å². The van der Waals surface area contributed by atoms with Crippen molar-refractivity contribution in [3.63, 3.8) is 0 Å². The summed E-state index contributed by atoms with van der Waals surface area (Å²) in [4.78, 5) is 6.75. The summed E-state index contributed by atoms with van der Waals surface area (Å²) in [6, 6.07) is 21.9. The van der Waals surface area contributed by atoms with Crippen LogP contribution >= 0.6 is 11.6 Å². The van der Waals surface area contributed by atoms with Crippen molar-refractivity contribution in [3.05, 3.63) is 100 Å². The third-order valence-corrected chi connectivity index (χ3v) is 6.81. The fraction of sp³-hybridized carbons (Fsp3) is 0.240. The normalized spacial score (nSPS) is 16.3. The summed E-state index contributed by atoms with van der Waals surface area (Å²) in [5.41, 5.74) is 6.55. The molecule has 0 bridgehead atoms. The molecule has 31 heavy (non-hydrogen) atoms. The molecule has 0 amide bonds. The minimum atomic E-state index is 0.228. The van der Waals surface area contributed by atoms with Crippen molar-refractivity contribution >= 4 is 11.6 Å². The number of nitrogens with zero attached hydrogens (tertiary/aromatic N) is 5. The lowest BCUT2D eigenvalue weighted by atomic mass is 9.93. The van der Waals surface area contributed by atoms with Gasteiger partial charge in [-0.25, -0.2) is 4.98 Å². The number of benzene rings is 2. The van der Waals surface area contributed by atoms with Crippen LogP contribution < -0.4 is 0 Å². The Bertz CT molecular complexity index is 1220. The lowest BCUT2D eigenvalue weighted by molar-refractivity contribution is 0.176. The van der Waals surface area contributed by atoms with Gasteiger partial charge < -0.3 is 4.57 Å². The molecule has 0 saturated heterocycles. The van der Waals surface area contributed by atoms with E-state index in [1.54, 1.807) is 6.20 Å². The zero-order valence-electron chi connectivity index (χ0n) is 17.1. The molecule has 0 fully saturated rings. The van der Waals surface area contributed by atoms with Crippen molar-refractivity contribution in [2.45, 2.75) is 32.0 Å². The molecular formula is C25H22ClN5. The second kappa shape index (κ2) is 7.59. The predicted octanol–water partition coefficient (Wildman–Crippen LogP) is 4.70. The van der Waals surface area contributed by atoms with Gasteiger partial charge in [-0.05, 0) is 47.2 Å². The SMILES string of the molecule is Clc1ncccc1-c1nnc2n1CCN(C1c3ccccc3CCc3ccccc31)C2. The van der Waals surface area contributed by atoms with Crippen molar-refractivity contribution in [2.24, 2.45) is 0 Å². The Hall–Kier alpha value is -3.02. The van der Waals surface area contributed by atoms with Crippen LogP contribution in [0.5, 0.6) is 0 Å². The van der Waals surface area contributed by atoms with E-state index < -0.39 is 0 Å². The standard InChI is InChI=1S/C25H22ClN5/c26-24-21(10-5-13-27-24)25-29-28-22-16-30(14-15-31(22)25)23-19-8-3-1-6-17(19)11-12-18-7-2-4-9-20(18)23/h1-10,13,23H,11-12,14-16H2. The summed E-state index contributed by atoms with van der Waals surface area (Å²) in [6.07, 6.45) is 3.86. The molecule has 3 heterocycles. The number of aromatic nitrogens is 4. The van der Waals surface area contributed by atoms with Crippen LogP contribution in [0.3, 0.4) is 0 Å². The highest BCUT2D eigenvalue weighted by atomic mass is 35.5. The topological polar surface area (TPSA) is 46.8 Å². The molecule has 0 atom stereocenters. The molecule has 0 N–H and O–H groups in total. The number of aryl methyl sites for hydroxylation is 2. The van der Waals surface area contributed by atoms with Crippen LogP contribution in [0.2, 0.25) is 5.15 Å². The van der Waals surface area contributed by atoms with E-state index in [-0.39, 0.29) is 6.04 Å². The van der Waals surface area contributed by atoms with E-state index >= 15 is 0 Å². The molecule has 0 saturated carbocycles. The third-order valence-electron chi connectivity index (χ3n) is 6.51. The number of pyridine rings is 1. The minimum absolute atomic E-state index is 0.228. The minimum Gasteiger partial charge on any atom is -0.309 e. The summed E-state index contributed by atoms with van der Waals surface area (Å²) in [5, 5.41) is 9.48. The second-order valence-corrected chi connectivity index (χ2v) is 8.56. The van der Waals surface area contributed by atoms with Gasteiger partial charge in [0.25, 0.3) is 0 Å². The quantitative estimate of drug-likeness (QED) is 0.435. The van der Waals surface area contributed by atoms with E-state index in [4.69, 9.17) is 11.6 Å². The number of rotatable bonds is 2. The molecule has 1 aliphatic heterocycles. The Morgan fingerprint density at radius 3 is 2.23 bits per heavy atom. The summed E-state index contributed by atoms with van der Waals surface area (Å²) < 4.78 is 2.19. The molecule has 5 nitrogen and oxygen atoms in total. The van der Waals surface area contributed by atoms with Crippen molar-refractivity contribution < 1.29 is 0 Å². The van der Waals surface area contributed by atoms with Gasteiger partial charge in [-0.1, -0.05) is 60.1 Å². The van der Waals surface area contributed by atoms with Crippen molar-refractivity contribution in [1.82, 2.24) is 24.6 Å². The van der Waals surface area contributed by atoms with Crippen molar-refractivity contribution in [1.29, 1.82) is 0 Å². The van der Waals surface area contributed by atoms with Gasteiger partial charge >= 0.3 is 0 Å². The summed E-state index contributed by atoms with van der Waals surface area (Å²) in [7, 11) is 0. The molecule has 154 valence electrons. The van der Waals surface area contributed by atoms with Crippen LogP contribution in [0.25, 0.3) is 11.4 Å². The smallest absolute Gasteiger partial charge is 0.167 e. The molecule has 1 aliphatic carbocycles. The predicted molar refractivity (Wildman–Crippen MR) is 121 cm³/mol. The van der Waals surface area contributed by atoms with E-state index in [2.05, 4.69) is 73.2 Å². The van der Waals surface area contributed by atoms with Gasteiger partial charge in [-0.3, -0.25) is 4.90 Å². The van der Waals surface area contributed by atoms with Crippen molar-refractivity contribution in [3.8, 4) is 11.4 Å². The first-order valence-corrected chi connectivity index (χ1v) is 11.1. The average Bonchev–Trinajstić information content (AvgIpc) is 3.15. The average molecular weight is 428 g/mol. The molecule has 0 radical (unpaired) electrons. The molecule has 6 rings (SSSR count). The van der Waals surface area contributed by atoms with Gasteiger partial charge in [0.15, 0.2) is 5.82 Å². The van der Waals surface area contributed by atoms with Crippen LogP contribution in [0.15, 0.2) is 66.9 Å². The first-order chi connectivity index (χ1) is 15.3. The number of hydrogen-bond donors (Lipinski definition) is 0. The summed E-state index contributed by atoms with van der Waals surface area (Å²) in [6.45, 7) is 2.49. The van der Waals surface area contributed by atoms with E-state index in [9.17, 15) is 0 Å². The molecule has 0 unspecified atom stereocenters. The highest BCUT2D eigenvalue weighted by Crippen LogP contribution is 2.38. The highest BCUT2D eigenvalue weighted by molar-refractivity contribution is 6.31. The molecule has 2 aromatic carbocycles. The highest BCUT2D eigenvalue weighted by Gasteiger charge is 2.32. The van der Waals surface area contributed by atoms with E-state index in [0.29, 0.717) is 5.15 Å². The zero-order chi connectivity index (χ0) is 20.8. The Balaban J connectivity index is 1.41. The lowest BCUT2D eigenvalue weighted by Crippen LogP contribution is -2.37. The van der Waals surface area contributed by atoms with Gasteiger partial charge in [0.05, 0.1) is 18.2 Å². The Kier molecular flexibility index (Phi) is 4.59. The van der Waals surface area contributed by atoms with Crippen LogP contribution in [-0.4, -0.2) is 31.2 Å². The van der Waals surface area contributed by atoms with E-state index in [1.165, 1.54) is 22.3 Å². The van der Waals surface area contributed by atoms with Crippen LogP contribution in [0.1, 0.15) is 34.1 Å². The first-order valence-electron chi connectivity index (χ1n) is 10.7. The van der Waals surface area contributed by atoms with Gasteiger partial charge in [-0.2, -0.15) is 0 Å². The maximum Gasteiger partial charge on any atom is 0.167 e. The molecule has 4 aromatic rings. The van der Waals surface area contributed by atoms with E-state index in [0.717, 1.165) is 49.7 Å². The Morgan fingerprint density at radius 2 is 1.52 bits per heavy atom. The number of hydrogen-bond acceptors (Lipinski definition) is 4. The zero-order valence-corrected chi connectivity index (χ0v) is 17.8. The Morgan fingerprint density at radius 1 is 0.806 bits per heavy atom. The number of fused-ring (bicyclic) bond motifs is 3. The first kappa shape index (κ1) is 18.7. The summed E-state index contributed by atoms with van der Waals surface area (Å²) >= 11 is 6.34. The van der Waals surface area contributed by atoms with E-state index in [1.807, 2.05) is 12.1 Å². The van der Waals surface area contributed by atoms with Crippen LogP contribution in [0.4, 0.5) is 0 Å². The largest absolute Gasteiger partial charge is 0.309 e. The van der Waals surface area contributed by atoms with Gasteiger partial charge in [0.2, 0.25) is 0 Å². The molecule has 2 aromatic heterocycles. The maximum atomic E-state index is 6.34. The molecule has 0 spiro atoms. The van der Waals surface area contributed by atoms with Gasteiger partial charge in [0.1, 0.15) is 11.0 Å². The van der Waals surface area contributed by atoms with Gasteiger partial charge in [-0.15, -0.1) is 10.2 Å². The Labute approximate surface area is 186 Å². The van der Waals surface area contributed by atoms with Crippen LogP contribution in [0, 0.1) is 0 Å². The second-order valence-electron chi connectivity index (χ2n) is 8.20. The van der Waals surface area contributed by atoms with Gasteiger partial charge in [0, 0.05) is 19.3 Å². The fourth-order valence-electron chi connectivity index (χ4n) is 5.04. The fourth-order valence-corrected chi connectivity index (χ4v) is 5.24. The van der Waals surface area contributed by atoms with Crippen LogP contribution in [-0.2, 0) is 25.9 Å². The molecular weight excluding hydrogens is 406 g/mol. The molecule has 2 aliphatic rings. The third kappa shape index (κ3) is 3.16. The lowest BCUT2D eigenvalue weighted by Gasteiger charge is -2.36. The number of halogens is 1.